The predicted molar refractivity (Wildman–Crippen MR) is 86.0 cm³/mol. The first-order valence-corrected chi connectivity index (χ1v) is 7.62. The van der Waals surface area contributed by atoms with Gasteiger partial charge in [0.15, 0.2) is 0 Å². The largest absolute Gasteiger partial charge is 0.366 e. The van der Waals surface area contributed by atoms with E-state index in [-0.39, 0.29) is 10.6 Å². The Morgan fingerprint density at radius 2 is 1.95 bits per heavy atom. The van der Waals surface area contributed by atoms with E-state index in [4.69, 9.17) is 0 Å². The quantitative estimate of drug-likeness (QED) is 0.631. The number of hydrogen-bond donors (Lipinski definition) is 0. The molecule has 1 aromatic carbocycles. The molecule has 5 heteroatoms. The molecule has 0 bridgehead atoms. The summed E-state index contributed by atoms with van der Waals surface area (Å²) in [6.45, 7) is 8.44. The summed E-state index contributed by atoms with van der Waals surface area (Å²) < 4.78 is 0. The number of nitro benzene ring substituents is 1. The minimum absolute atomic E-state index is 0.212. The van der Waals surface area contributed by atoms with Crippen molar-refractivity contribution in [2.75, 3.05) is 25.0 Å². The number of aryl methyl sites for hydroxylation is 1. The van der Waals surface area contributed by atoms with Crippen LogP contribution in [0.3, 0.4) is 0 Å². The van der Waals surface area contributed by atoms with Gasteiger partial charge in [0.2, 0.25) is 0 Å². The van der Waals surface area contributed by atoms with Crippen LogP contribution in [0.1, 0.15) is 32.3 Å². The van der Waals surface area contributed by atoms with Gasteiger partial charge in [-0.25, -0.2) is 0 Å². The molecule has 0 spiro atoms. The van der Waals surface area contributed by atoms with E-state index in [9.17, 15) is 10.1 Å². The molecule has 1 aliphatic heterocycles. The molecular weight excluding hydrogens is 266 g/mol. The Bertz CT molecular complexity index is 508. The highest BCUT2D eigenvalue weighted by Crippen LogP contribution is 2.31. The van der Waals surface area contributed by atoms with Crippen LogP contribution < -0.4 is 4.90 Å². The molecule has 0 radical (unpaired) electrons. The standard InChI is InChI=1S/C16H25N3O2/c1-12(2)18-9-7-14(8-10-18)17(4)15-6-5-13(3)11-16(15)19(20)21/h5-6,11-12,14H,7-10H2,1-4H3. The molecule has 1 heterocycles. The monoisotopic (exact) mass is 291 g/mol. The average molecular weight is 291 g/mol. The zero-order chi connectivity index (χ0) is 15.6. The topological polar surface area (TPSA) is 49.6 Å². The Labute approximate surface area is 126 Å². The van der Waals surface area contributed by atoms with Crippen LogP contribution in [-0.2, 0) is 0 Å². The van der Waals surface area contributed by atoms with E-state index in [0.717, 1.165) is 37.2 Å². The summed E-state index contributed by atoms with van der Waals surface area (Å²) in [5.74, 6) is 0. The number of piperidine rings is 1. The average Bonchev–Trinajstić information content (AvgIpc) is 2.46. The molecule has 1 aromatic rings. The Kier molecular flexibility index (Phi) is 4.83. The molecule has 2 rings (SSSR count). The van der Waals surface area contributed by atoms with Crippen molar-refractivity contribution < 1.29 is 4.92 Å². The van der Waals surface area contributed by atoms with Crippen molar-refractivity contribution in [2.24, 2.45) is 0 Å². The van der Waals surface area contributed by atoms with Crippen LogP contribution in [0.15, 0.2) is 18.2 Å². The summed E-state index contributed by atoms with van der Waals surface area (Å²) in [7, 11) is 1.98. The Balaban J connectivity index is 2.14. The first-order valence-electron chi connectivity index (χ1n) is 7.62. The van der Waals surface area contributed by atoms with E-state index in [1.54, 1.807) is 6.07 Å². The van der Waals surface area contributed by atoms with Crippen LogP contribution in [0.5, 0.6) is 0 Å². The van der Waals surface area contributed by atoms with Gasteiger partial charge in [0.05, 0.1) is 4.92 Å². The number of anilines is 1. The third kappa shape index (κ3) is 3.53. The van der Waals surface area contributed by atoms with E-state index in [0.29, 0.717) is 12.1 Å². The predicted octanol–water partition coefficient (Wildman–Crippen LogP) is 3.21. The summed E-state index contributed by atoms with van der Waals surface area (Å²) >= 11 is 0. The van der Waals surface area contributed by atoms with Gasteiger partial charge >= 0.3 is 0 Å². The van der Waals surface area contributed by atoms with Gasteiger partial charge in [0, 0.05) is 38.3 Å². The van der Waals surface area contributed by atoms with E-state index >= 15 is 0 Å². The molecule has 21 heavy (non-hydrogen) atoms. The van der Waals surface area contributed by atoms with Crippen LogP contribution in [-0.4, -0.2) is 42.0 Å². The van der Waals surface area contributed by atoms with Crippen LogP contribution in [0.4, 0.5) is 11.4 Å². The summed E-state index contributed by atoms with van der Waals surface area (Å²) in [5, 5.41) is 11.3. The van der Waals surface area contributed by atoms with Crippen molar-refractivity contribution in [1.29, 1.82) is 0 Å². The summed E-state index contributed by atoms with van der Waals surface area (Å²) in [6.07, 6.45) is 2.11. The Morgan fingerprint density at radius 1 is 1.33 bits per heavy atom. The minimum atomic E-state index is -0.276. The van der Waals surface area contributed by atoms with Crippen molar-refractivity contribution in [3.8, 4) is 0 Å². The lowest BCUT2D eigenvalue weighted by molar-refractivity contribution is -0.384. The van der Waals surface area contributed by atoms with Gasteiger partial charge in [-0.05, 0) is 45.2 Å². The summed E-state index contributed by atoms with van der Waals surface area (Å²) in [6, 6.07) is 6.44. The highest BCUT2D eigenvalue weighted by Gasteiger charge is 2.27. The second kappa shape index (κ2) is 6.43. The van der Waals surface area contributed by atoms with Crippen molar-refractivity contribution in [3.05, 3.63) is 33.9 Å². The molecule has 1 aliphatic rings. The Hall–Kier alpha value is -1.62. The lowest BCUT2D eigenvalue weighted by atomic mass is 10.0. The number of nitro groups is 1. The molecule has 0 aliphatic carbocycles. The van der Waals surface area contributed by atoms with Gasteiger partial charge in [0.25, 0.3) is 5.69 Å². The molecule has 0 amide bonds. The molecule has 0 atom stereocenters. The van der Waals surface area contributed by atoms with Gasteiger partial charge in [-0.1, -0.05) is 6.07 Å². The molecule has 0 aromatic heterocycles. The molecule has 5 nitrogen and oxygen atoms in total. The Morgan fingerprint density at radius 3 is 2.48 bits per heavy atom. The molecule has 1 fully saturated rings. The van der Waals surface area contributed by atoms with E-state index in [1.807, 2.05) is 26.1 Å². The first kappa shape index (κ1) is 15.8. The molecule has 0 unspecified atom stereocenters. The smallest absolute Gasteiger partial charge is 0.292 e. The number of hydrogen-bond acceptors (Lipinski definition) is 4. The number of likely N-dealkylation sites (tertiary alicyclic amines) is 1. The van der Waals surface area contributed by atoms with Crippen molar-refractivity contribution in [2.45, 2.75) is 45.7 Å². The summed E-state index contributed by atoms with van der Waals surface area (Å²) in [4.78, 5) is 15.6. The zero-order valence-electron chi connectivity index (χ0n) is 13.4. The van der Waals surface area contributed by atoms with Gasteiger partial charge in [0.1, 0.15) is 5.69 Å². The second-order valence-corrected chi connectivity index (χ2v) is 6.22. The van der Waals surface area contributed by atoms with Gasteiger partial charge in [-0.15, -0.1) is 0 Å². The van der Waals surface area contributed by atoms with Crippen molar-refractivity contribution in [3.63, 3.8) is 0 Å². The van der Waals surface area contributed by atoms with Gasteiger partial charge in [-0.2, -0.15) is 0 Å². The lowest BCUT2D eigenvalue weighted by Crippen LogP contribution is -2.45. The van der Waals surface area contributed by atoms with Gasteiger partial charge < -0.3 is 9.80 Å². The molecule has 116 valence electrons. The zero-order valence-corrected chi connectivity index (χ0v) is 13.4. The maximum Gasteiger partial charge on any atom is 0.292 e. The van der Waals surface area contributed by atoms with Crippen molar-refractivity contribution >= 4 is 11.4 Å². The SMILES string of the molecule is Cc1ccc(N(C)C2CCN(C(C)C)CC2)c([N+](=O)[O-])c1. The third-order valence-corrected chi connectivity index (χ3v) is 4.48. The fourth-order valence-corrected chi connectivity index (χ4v) is 3.06. The third-order valence-electron chi connectivity index (χ3n) is 4.48. The van der Waals surface area contributed by atoms with Crippen molar-refractivity contribution in [1.82, 2.24) is 4.90 Å². The number of nitrogens with zero attached hydrogens (tertiary/aromatic N) is 3. The normalized spacial score (nSPS) is 17.2. The number of benzene rings is 1. The maximum absolute atomic E-state index is 11.3. The highest BCUT2D eigenvalue weighted by molar-refractivity contribution is 5.64. The van der Waals surface area contributed by atoms with Crippen LogP contribution in [0, 0.1) is 17.0 Å². The maximum atomic E-state index is 11.3. The summed E-state index contributed by atoms with van der Waals surface area (Å²) in [5.41, 5.74) is 1.87. The molecule has 0 N–H and O–H groups in total. The molecular formula is C16H25N3O2. The lowest BCUT2D eigenvalue weighted by Gasteiger charge is -2.39. The van der Waals surface area contributed by atoms with Crippen LogP contribution in [0.25, 0.3) is 0 Å². The minimum Gasteiger partial charge on any atom is -0.366 e. The molecule has 1 saturated heterocycles. The molecule has 0 saturated carbocycles. The fraction of sp³-hybridized carbons (Fsp3) is 0.625. The second-order valence-electron chi connectivity index (χ2n) is 6.22. The van der Waals surface area contributed by atoms with Crippen LogP contribution >= 0.6 is 0 Å². The van der Waals surface area contributed by atoms with Gasteiger partial charge in [-0.3, -0.25) is 10.1 Å². The van der Waals surface area contributed by atoms with E-state index in [2.05, 4.69) is 23.6 Å². The highest BCUT2D eigenvalue weighted by atomic mass is 16.6. The van der Waals surface area contributed by atoms with E-state index < -0.39 is 0 Å². The van der Waals surface area contributed by atoms with E-state index in [1.165, 1.54) is 0 Å². The number of rotatable bonds is 4. The first-order chi connectivity index (χ1) is 9.90. The fourth-order valence-electron chi connectivity index (χ4n) is 3.06. The van der Waals surface area contributed by atoms with Crippen LogP contribution in [0.2, 0.25) is 0 Å².